The number of nitrogens with two attached hydrogens (primary N) is 1. The van der Waals surface area contributed by atoms with E-state index in [9.17, 15) is 8.78 Å². The first kappa shape index (κ1) is 20.1. The Morgan fingerprint density at radius 1 is 1.25 bits per heavy atom. The second-order valence-corrected chi connectivity index (χ2v) is 5.51. The van der Waals surface area contributed by atoms with Gasteiger partial charge in [-0.05, 0) is 26.0 Å². The number of nitrogens with zero attached hydrogens (tertiary/aromatic N) is 2. The number of aliphatic imine (C=N–C) groups is 1. The molecule has 2 aromatic rings. The number of rotatable bonds is 5. The Bertz CT molecular complexity index is 675. The fraction of sp³-hybridized carbons (Fsp3) is 0.250. The van der Waals surface area contributed by atoms with Crippen molar-refractivity contribution in [3.63, 3.8) is 0 Å². The minimum Gasteiger partial charge on any atom is -0.486 e. The van der Waals surface area contributed by atoms with Crippen molar-refractivity contribution in [3.8, 4) is 5.75 Å². The molecule has 24 heavy (non-hydrogen) atoms. The average Bonchev–Trinajstić information content (AvgIpc) is 2.45. The van der Waals surface area contributed by atoms with Gasteiger partial charge in [-0.1, -0.05) is 6.07 Å². The SMILES string of the molecule is CC(C)(CN=C(N)Nc1ccccn1)Oc1cc(F)cc(F)c1.I. The van der Waals surface area contributed by atoms with Gasteiger partial charge in [0.1, 0.15) is 28.8 Å². The summed E-state index contributed by atoms with van der Waals surface area (Å²) < 4.78 is 31.9. The van der Waals surface area contributed by atoms with Crippen LogP contribution in [-0.2, 0) is 0 Å². The summed E-state index contributed by atoms with van der Waals surface area (Å²) in [5, 5.41) is 2.84. The van der Waals surface area contributed by atoms with Crippen LogP contribution in [0.1, 0.15) is 13.8 Å². The van der Waals surface area contributed by atoms with Gasteiger partial charge in [-0.3, -0.25) is 0 Å². The molecule has 0 saturated carbocycles. The second kappa shape index (κ2) is 8.76. The van der Waals surface area contributed by atoms with E-state index in [1.54, 1.807) is 32.2 Å². The van der Waals surface area contributed by atoms with Gasteiger partial charge in [0.2, 0.25) is 0 Å². The molecular formula is C16H19F2IN4O. The highest BCUT2D eigenvalue weighted by Crippen LogP contribution is 2.21. The number of ether oxygens (including phenoxy) is 1. The highest BCUT2D eigenvalue weighted by Gasteiger charge is 2.20. The molecule has 5 nitrogen and oxygen atoms in total. The maximum atomic E-state index is 13.2. The normalized spacial score (nSPS) is 11.6. The third-order valence-corrected chi connectivity index (χ3v) is 2.78. The van der Waals surface area contributed by atoms with Crippen molar-refractivity contribution < 1.29 is 13.5 Å². The molecule has 3 N–H and O–H groups in total. The zero-order valence-electron chi connectivity index (χ0n) is 13.3. The molecule has 0 amide bonds. The largest absolute Gasteiger partial charge is 0.486 e. The average molecular weight is 448 g/mol. The minimum atomic E-state index is -0.795. The quantitative estimate of drug-likeness (QED) is 0.417. The molecule has 1 aromatic carbocycles. The van der Waals surface area contributed by atoms with Crippen molar-refractivity contribution in [2.75, 3.05) is 11.9 Å². The summed E-state index contributed by atoms with van der Waals surface area (Å²) in [6, 6.07) is 8.36. The lowest BCUT2D eigenvalue weighted by molar-refractivity contribution is 0.118. The Morgan fingerprint density at radius 2 is 1.92 bits per heavy atom. The van der Waals surface area contributed by atoms with Crippen molar-refractivity contribution in [1.82, 2.24) is 4.98 Å². The van der Waals surface area contributed by atoms with Gasteiger partial charge in [0.05, 0.1) is 6.54 Å². The van der Waals surface area contributed by atoms with Gasteiger partial charge < -0.3 is 15.8 Å². The van der Waals surface area contributed by atoms with Gasteiger partial charge in [0, 0.05) is 24.4 Å². The highest BCUT2D eigenvalue weighted by atomic mass is 127. The summed E-state index contributed by atoms with van der Waals surface area (Å²) in [5.41, 5.74) is 4.98. The number of guanidine groups is 1. The lowest BCUT2D eigenvalue weighted by Gasteiger charge is -2.25. The van der Waals surface area contributed by atoms with E-state index in [0.717, 1.165) is 18.2 Å². The molecule has 0 aliphatic heterocycles. The smallest absolute Gasteiger partial charge is 0.194 e. The van der Waals surface area contributed by atoms with Crippen molar-refractivity contribution in [3.05, 3.63) is 54.2 Å². The van der Waals surface area contributed by atoms with Gasteiger partial charge in [-0.25, -0.2) is 18.8 Å². The van der Waals surface area contributed by atoms with Crippen LogP contribution in [-0.4, -0.2) is 23.1 Å². The summed E-state index contributed by atoms with van der Waals surface area (Å²) >= 11 is 0. The van der Waals surface area contributed by atoms with Crippen LogP contribution in [0, 0.1) is 11.6 Å². The van der Waals surface area contributed by atoms with E-state index in [1.165, 1.54) is 0 Å². The van der Waals surface area contributed by atoms with Crippen LogP contribution in [0.4, 0.5) is 14.6 Å². The molecule has 1 aromatic heterocycles. The molecule has 0 aliphatic carbocycles. The van der Waals surface area contributed by atoms with Crippen LogP contribution < -0.4 is 15.8 Å². The Kier molecular flexibility index (Phi) is 7.33. The molecule has 1 heterocycles. The monoisotopic (exact) mass is 448 g/mol. The van der Waals surface area contributed by atoms with Crippen LogP contribution in [0.25, 0.3) is 0 Å². The Morgan fingerprint density at radius 3 is 2.50 bits per heavy atom. The number of hydrogen-bond acceptors (Lipinski definition) is 3. The van der Waals surface area contributed by atoms with Crippen molar-refractivity contribution >= 4 is 35.8 Å². The van der Waals surface area contributed by atoms with Crippen LogP contribution in [0.3, 0.4) is 0 Å². The Hall–Kier alpha value is -1.97. The molecule has 0 spiro atoms. The molecule has 2 rings (SSSR count). The fourth-order valence-corrected chi connectivity index (χ4v) is 1.82. The summed E-state index contributed by atoms with van der Waals surface area (Å²) in [6.07, 6.45) is 1.63. The van der Waals surface area contributed by atoms with E-state index in [4.69, 9.17) is 10.5 Å². The first-order valence-corrected chi connectivity index (χ1v) is 6.97. The lowest BCUT2D eigenvalue weighted by atomic mass is 10.1. The van der Waals surface area contributed by atoms with Gasteiger partial charge in [-0.15, -0.1) is 24.0 Å². The van der Waals surface area contributed by atoms with Gasteiger partial charge >= 0.3 is 0 Å². The third kappa shape index (κ3) is 6.65. The van der Waals surface area contributed by atoms with Crippen LogP contribution >= 0.6 is 24.0 Å². The molecule has 0 fully saturated rings. The van der Waals surface area contributed by atoms with Gasteiger partial charge in [-0.2, -0.15) is 0 Å². The Labute approximate surface area is 156 Å². The topological polar surface area (TPSA) is 72.5 Å². The van der Waals surface area contributed by atoms with Crippen molar-refractivity contribution in [1.29, 1.82) is 0 Å². The predicted molar refractivity (Wildman–Crippen MR) is 101 cm³/mol. The van der Waals surface area contributed by atoms with Gasteiger partial charge in [0.25, 0.3) is 0 Å². The van der Waals surface area contributed by atoms with Crippen molar-refractivity contribution in [2.24, 2.45) is 10.7 Å². The van der Waals surface area contributed by atoms with E-state index < -0.39 is 17.2 Å². The maximum Gasteiger partial charge on any atom is 0.194 e. The highest BCUT2D eigenvalue weighted by molar-refractivity contribution is 14.0. The van der Waals surface area contributed by atoms with E-state index in [-0.39, 0.29) is 42.2 Å². The van der Waals surface area contributed by atoms with Crippen LogP contribution in [0.2, 0.25) is 0 Å². The van der Waals surface area contributed by atoms with E-state index in [2.05, 4.69) is 15.3 Å². The number of benzene rings is 1. The molecule has 0 saturated heterocycles. The fourth-order valence-electron chi connectivity index (χ4n) is 1.82. The lowest BCUT2D eigenvalue weighted by Crippen LogP contribution is -2.34. The van der Waals surface area contributed by atoms with E-state index >= 15 is 0 Å². The zero-order valence-corrected chi connectivity index (χ0v) is 15.6. The number of aromatic nitrogens is 1. The molecule has 0 aliphatic rings. The molecule has 130 valence electrons. The number of halogens is 3. The number of nitrogens with one attached hydrogen (secondary N) is 1. The van der Waals surface area contributed by atoms with E-state index in [0.29, 0.717) is 5.82 Å². The molecule has 0 unspecified atom stereocenters. The second-order valence-electron chi connectivity index (χ2n) is 5.51. The first-order chi connectivity index (χ1) is 10.8. The van der Waals surface area contributed by atoms with Gasteiger partial charge in [0.15, 0.2) is 5.96 Å². The minimum absolute atomic E-state index is 0. The number of hydrogen-bond donors (Lipinski definition) is 2. The summed E-state index contributed by atoms with van der Waals surface area (Å²) in [4.78, 5) is 8.23. The predicted octanol–water partition coefficient (Wildman–Crippen LogP) is 3.56. The van der Waals surface area contributed by atoms with E-state index in [1.807, 2.05) is 6.07 Å². The maximum absolute atomic E-state index is 13.2. The number of anilines is 1. The third-order valence-electron chi connectivity index (χ3n) is 2.78. The molecule has 0 atom stereocenters. The molecule has 0 bridgehead atoms. The summed E-state index contributed by atoms with van der Waals surface area (Å²) in [6.45, 7) is 3.68. The zero-order chi connectivity index (χ0) is 16.9. The van der Waals surface area contributed by atoms with Crippen LogP contribution in [0.5, 0.6) is 5.75 Å². The Balaban J connectivity index is 0.00000288. The molecule has 0 radical (unpaired) electrons. The first-order valence-electron chi connectivity index (χ1n) is 6.97. The molecular weight excluding hydrogens is 429 g/mol. The van der Waals surface area contributed by atoms with Crippen molar-refractivity contribution in [2.45, 2.75) is 19.4 Å². The summed E-state index contributed by atoms with van der Waals surface area (Å²) in [7, 11) is 0. The van der Waals surface area contributed by atoms with Crippen LogP contribution in [0.15, 0.2) is 47.6 Å². The number of pyridine rings is 1. The summed E-state index contributed by atoms with van der Waals surface area (Å²) in [5.74, 6) is -0.560. The standard InChI is InChI=1S/C16H18F2N4O.HI/c1-16(2,23-13-8-11(17)7-12(18)9-13)10-21-15(19)22-14-5-3-4-6-20-14;/h3-9H,10H2,1-2H3,(H3,19,20,21,22);1H. The molecule has 8 heteroatoms.